The number of carbonyl (C=O) groups is 1. The highest BCUT2D eigenvalue weighted by Crippen LogP contribution is 2.36. The molecule has 19 heavy (non-hydrogen) atoms. The normalized spacial score (nSPS) is 17.3. The number of aromatic amines is 1. The average Bonchev–Trinajstić information content (AvgIpc) is 3.06. The highest BCUT2D eigenvalue weighted by molar-refractivity contribution is 9.10. The lowest BCUT2D eigenvalue weighted by atomic mass is 10.1. The van der Waals surface area contributed by atoms with E-state index in [0.717, 1.165) is 17.7 Å². The minimum Gasteiger partial charge on any atom is -0.356 e. The summed E-state index contributed by atoms with van der Waals surface area (Å²) in [5, 5.41) is 0. The van der Waals surface area contributed by atoms with Crippen LogP contribution >= 0.6 is 15.9 Å². The number of hydrogen-bond donors (Lipinski definition) is 1. The van der Waals surface area contributed by atoms with E-state index in [-0.39, 0.29) is 11.6 Å². The van der Waals surface area contributed by atoms with Crippen LogP contribution in [0.15, 0.2) is 16.7 Å². The van der Waals surface area contributed by atoms with Gasteiger partial charge in [0.05, 0.1) is 0 Å². The number of nitrogens with one attached hydrogen (secondary N) is 1. The Morgan fingerprint density at radius 1 is 1.58 bits per heavy atom. The third-order valence-electron chi connectivity index (χ3n) is 3.28. The van der Waals surface area contributed by atoms with E-state index in [9.17, 15) is 18.0 Å². The SMILES string of the molecule is CC(C1CC1)N(CC(F)(F)F)C(=O)c1cc(Br)c[nH]1. The Labute approximate surface area is 117 Å². The van der Waals surface area contributed by atoms with Gasteiger partial charge in [0.15, 0.2) is 0 Å². The van der Waals surface area contributed by atoms with Gasteiger partial charge < -0.3 is 9.88 Å². The minimum atomic E-state index is -4.39. The van der Waals surface area contributed by atoms with Crippen molar-refractivity contribution in [3.05, 3.63) is 22.4 Å². The molecule has 1 atom stereocenters. The largest absolute Gasteiger partial charge is 0.406 e. The molecule has 1 aliphatic rings. The monoisotopic (exact) mass is 338 g/mol. The average molecular weight is 339 g/mol. The summed E-state index contributed by atoms with van der Waals surface area (Å²) in [5.74, 6) is -0.424. The van der Waals surface area contributed by atoms with Crippen molar-refractivity contribution in [3.8, 4) is 0 Å². The van der Waals surface area contributed by atoms with Crippen LogP contribution in [0.1, 0.15) is 30.3 Å². The first-order valence-electron chi connectivity index (χ1n) is 5.99. The summed E-state index contributed by atoms with van der Waals surface area (Å²) in [6.07, 6.45) is -1.09. The fourth-order valence-corrected chi connectivity index (χ4v) is 2.42. The van der Waals surface area contributed by atoms with E-state index in [1.54, 1.807) is 6.92 Å². The Kier molecular flexibility index (Phi) is 3.94. The van der Waals surface area contributed by atoms with Crippen molar-refractivity contribution in [3.63, 3.8) is 0 Å². The van der Waals surface area contributed by atoms with Crippen molar-refractivity contribution in [1.82, 2.24) is 9.88 Å². The molecule has 3 nitrogen and oxygen atoms in total. The summed E-state index contributed by atoms with van der Waals surface area (Å²) < 4.78 is 38.5. The molecule has 0 spiro atoms. The van der Waals surface area contributed by atoms with Crippen molar-refractivity contribution in [2.45, 2.75) is 32.0 Å². The van der Waals surface area contributed by atoms with Gasteiger partial charge in [-0.05, 0) is 47.7 Å². The number of hydrogen-bond acceptors (Lipinski definition) is 1. The first kappa shape index (κ1) is 14.4. The zero-order chi connectivity index (χ0) is 14.2. The van der Waals surface area contributed by atoms with E-state index in [4.69, 9.17) is 0 Å². The van der Waals surface area contributed by atoms with Crippen LogP contribution in [-0.4, -0.2) is 34.6 Å². The molecular weight excluding hydrogens is 325 g/mol. The first-order chi connectivity index (χ1) is 8.78. The van der Waals surface area contributed by atoms with Crippen molar-refractivity contribution in [1.29, 1.82) is 0 Å². The molecule has 106 valence electrons. The van der Waals surface area contributed by atoms with E-state index >= 15 is 0 Å². The number of carbonyl (C=O) groups excluding carboxylic acids is 1. The number of rotatable bonds is 4. The molecule has 0 radical (unpaired) electrons. The second kappa shape index (κ2) is 5.19. The van der Waals surface area contributed by atoms with Crippen LogP contribution in [0, 0.1) is 5.92 Å². The summed E-state index contributed by atoms with van der Waals surface area (Å²) in [4.78, 5) is 15.8. The summed E-state index contributed by atoms with van der Waals surface area (Å²) in [6, 6.07) is 1.10. The molecular formula is C12H14BrF3N2O. The highest BCUT2D eigenvalue weighted by Gasteiger charge is 2.40. The lowest BCUT2D eigenvalue weighted by Gasteiger charge is -2.29. The molecule has 1 amide bonds. The van der Waals surface area contributed by atoms with Gasteiger partial charge in [0.2, 0.25) is 0 Å². The standard InChI is InChI=1S/C12H14BrF3N2O/c1-7(8-2-3-8)18(6-12(14,15)16)11(19)10-4-9(13)5-17-10/h4-5,7-8,17H,2-3,6H2,1H3. The van der Waals surface area contributed by atoms with Crippen LogP contribution in [0.3, 0.4) is 0 Å². The topological polar surface area (TPSA) is 36.1 Å². The zero-order valence-electron chi connectivity index (χ0n) is 10.3. The smallest absolute Gasteiger partial charge is 0.356 e. The van der Waals surface area contributed by atoms with Gasteiger partial charge in [0, 0.05) is 16.7 Å². The second-order valence-corrected chi connectivity index (χ2v) is 5.77. The molecule has 2 rings (SSSR count). The first-order valence-corrected chi connectivity index (χ1v) is 6.79. The van der Waals surface area contributed by atoms with Gasteiger partial charge >= 0.3 is 6.18 Å². The number of alkyl halides is 3. The third-order valence-corrected chi connectivity index (χ3v) is 3.74. The molecule has 0 aromatic carbocycles. The molecule has 1 aromatic heterocycles. The fourth-order valence-electron chi connectivity index (χ4n) is 2.07. The van der Waals surface area contributed by atoms with Crippen LogP contribution in [0.5, 0.6) is 0 Å². The van der Waals surface area contributed by atoms with Crippen LogP contribution in [-0.2, 0) is 0 Å². The molecule has 0 saturated heterocycles. The Bertz CT molecular complexity index is 468. The minimum absolute atomic E-state index is 0.170. The van der Waals surface area contributed by atoms with E-state index in [1.165, 1.54) is 12.3 Å². The maximum atomic E-state index is 12.6. The van der Waals surface area contributed by atoms with Crippen molar-refractivity contribution >= 4 is 21.8 Å². The van der Waals surface area contributed by atoms with E-state index in [2.05, 4.69) is 20.9 Å². The Morgan fingerprint density at radius 3 is 2.63 bits per heavy atom. The lowest BCUT2D eigenvalue weighted by molar-refractivity contribution is -0.144. The molecule has 1 N–H and O–H groups in total. The number of H-pyrrole nitrogens is 1. The number of amides is 1. The predicted octanol–water partition coefficient (Wildman–Crippen LogP) is 3.58. The summed E-state index contributed by atoms with van der Waals surface area (Å²) in [7, 11) is 0. The van der Waals surface area contributed by atoms with Gasteiger partial charge in [-0.3, -0.25) is 4.79 Å². The third kappa shape index (κ3) is 3.75. The van der Waals surface area contributed by atoms with E-state index < -0.39 is 24.7 Å². The molecule has 1 heterocycles. The van der Waals surface area contributed by atoms with Gasteiger partial charge in [-0.2, -0.15) is 13.2 Å². The number of halogens is 4. The van der Waals surface area contributed by atoms with Gasteiger partial charge in [-0.15, -0.1) is 0 Å². The summed E-state index contributed by atoms with van der Waals surface area (Å²) in [6.45, 7) is 0.472. The van der Waals surface area contributed by atoms with Gasteiger partial charge in [0.1, 0.15) is 12.2 Å². The Hall–Kier alpha value is -0.980. The van der Waals surface area contributed by atoms with E-state index in [1.807, 2.05) is 0 Å². The van der Waals surface area contributed by atoms with Crippen LogP contribution in [0.4, 0.5) is 13.2 Å². The maximum Gasteiger partial charge on any atom is 0.406 e. The second-order valence-electron chi connectivity index (χ2n) is 4.86. The van der Waals surface area contributed by atoms with Crippen LogP contribution in [0.2, 0.25) is 0 Å². The molecule has 1 fully saturated rings. The van der Waals surface area contributed by atoms with Crippen LogP contribution in [0.25, 0.3) is 0 Å². The Balaban J connectivity index is 2.18. The molecule has 7 heteroatoms. The molecule has 0 bridgehead atoms. The lowest BCUT2D eigenvalue weighted by Crippen LogP contribution is -2.45. The highest BCUT2D eigenvalue weighted by atomic mass is 79.9. The molecule has 0 aliphatic heterocycles. The Morgan fingerprint density at radius 2 is 2.21 bits per heavy atom. The van der Waals surface area contributed by atoms with Gasteiger partial charge in [-0.1, -0.05) is 0 Å². The number of nitrogens with zero attached hydrogens (tertiary/aromatic N) is 1. The molecule has 1 saturated carbocycles. The molecule has 1 aliphatic carbocycles. The van der Waals surface area contributed by atoms with Crippen LogP contribution < -0.4 is 0 Å². The summed E-state index contributed by atoms with van der Waals surface area (Å²) in [5.41, 5.74) is 0.170. The number of aromatic nitrogens is 1. The maximum absolute atomic E-state index is 12.6. The van der Waals surface area contributed by atoms with Crippen molar-refractivity contribution in [2.75, 3.05) is 6.54 Å². The predicted molar refractivity (Wildman–Crippen MR) is 67.8 cm³/mol. The molecule has 1 aromatic rings. The van der Waals surface area contributed by atoms with Gasteiger partial charge in [0.25, 0.3) is 5.91 Å². The van der Waals surface area contributed by atoms with Crippen molar-refractivity contribution < 1.29 is 18.0 Å². The molecule has 1 unspecified atom stereocenters. The van der Waals surface area contributed by atoms with E-state index in [0.29, 0.717) is 4.47 Å². The van der Waals surface area contributed by atoms with Gasteiger partial charge in [-0.25, -0.2) is 0 Å². The van der Waals surface area contributed by atoms with Crippen molar-refractivity contribution in [2.24, 2.45) is 5.92 Å². The fraction of sp³-hybridized carbons (Fsp3) is 0.583. The quantitative estimate of drug-likeness (QED) is 0.894. The summed E-state index contributed by atoms with van der Waals surface area (Å²) >= 11 is 3.17. The zero-order valence-corrected chi connectivity index (χ0v) is 11.9.